The molecule has 2 aromatic rings. The Morgan fingerprint density at radius 1 is 0.964 bits per heavy atom. The van der Waals surface area contributed by atoms with Gasteiger partial charge < -0.3 is 9.64 Å². The number of halogens is 1. The number of piperazine rings is 1. The number of hydrogen-bond donors (Lipinski definition) is 0. The van der Waals surface area contributed by atoms with E-state index in [0.29, 0.717) is 29.4 Å². The first kappa shape index (κ1) is 20.6. The summed E-state index contributed by atoms with van der Waals surface area (Å²) in [6.07, 6.45) is 0.0669. The maximum Gasteiger partial charge on any atom is 0.253 e. The van der Waals surface area contributed by atoms with Crippen molar-refractivity contribution in [3.8, 4) is 5.75 Å². The van der Waals surface area contributed by atoms with Crippen molar-refractivity contribution in [2.45, 2.75) is 24.8 Å². The average molecular weight is 423 g/mol. The van der Waals surface area contributed by atoms with Crippen LogP contribution in [0.4, 0.5) is 0 Å². The van der Waals surface area contributed by atoms with Gasteiger partial charge in [-0.2, -0.15) is 4.31 Å². The van der Waals surface area contributed by atoms with Crippen LogP contribution < -0.4 is 4.74 Å². The standard InChI is InChI=1S/C20H23ClN2O4S/c1-15(2)27-18-7-3-16(4-8-18)20(24)22-11-13-23(14-12-22)28(25,26)19-9-5-17(21)6-10-19/h3-10,15H,11-14H2,1-2H3. The Morgan fingerprint density at radius 3 is 2.07 bits per heavy atom. The summed E-state index contributed by atoms with van der Waals surface area (Å²) >= 11 is 5.83. The molecule has 150 valence electrons. The van der Waals surface area contributed by atoms with Crippen molar-refractivity contribution in [3.63, 3.8) is 0 Å². The van der Waals surface area contributed by atoms with Crippen LogP contribution in [0.2, 0.25) is 5.02 Å². The van der Waals surface area contributed by atoms with E-state index in [0.717, 1.165) is 0 Å². The Morgan fingerprint density at radius 2 is 1.54 bits per heavy atom. The number of carbonyl (C=O) groups is 1. The first-order chi connectivity index (χ1) is 13.3. The molecule has 0 N–H and O–H groups in total. The number of sulfonamides is 1. The average Bonchev–Trinajstić information content (AvgIpc) is 2.68. The van der Waals surface area contributed by atoms with Gasteiger partial charge in [-0.15, -0.1) is 0 Å². The third-order valence-electron chi connectivity index (χ3n) is 4.45. The largest absolute Gasteiger partial charge is 0.491 e. The van der Waals surface area contributed by atoms with Crippen LogP contribution in [0, 0.1) is 0 Å². The summed E-state index contributed by atoms with van der Waals surface area (Å²) in [5, 5.41) is 0.485. The molecular formula is C20H23ClN2O4S. The number of amides is 1. The summed E-state index contributed by atoms with van der Waals surface area (Å²) in [6, 6.07) is 13.1. The van der Waals surface area contributed by atoms with Gasteiger partial charge in [-0.25, -0.2) is 8.42 Å². The van der Waals surface area contributed by atoms with Gasteiger partial charge in [0.15, 0.2) is 0 Å². The SMILES string of the molecule is CC(C)Oc1ccc(C(=O)N2CCN(S(=O)(=O)c3ccc(Cl)cc3)CC2)cc1. The van der Waals surface area contributed by atoms with Gasteiger partial charge >= 0.3 is 0 Å². The first-order valence-corrected chi connectivity index (χ1v) is 10.9. The molecule has 6 nitrogen and oxygen atoms in total. The fourth-order valence-corrected chi connectivity index (χ4v) is 4.57. The van der Waals surface area contributed by atoms with Gasteiger partial charge in [0, 0.05) is 36.8 Å². The van der Waals surface area contributed by atoms with Crippen LogP contribution >= 0.6 is 11.6 Å². The topological polar surface area (TPSA) is 66.9 Å². The molecule has 0 aliphatic carbocycles. The van der Waals surface area contributed by atoms with E-state index >= 15 is 0 Å². The van der Waals surface area contributed by atoms with Crippen LogP contribution in [0.5, 0.6) is 5.75 Å². The molecule has 1 amide bonds. The summed E-state index contributed by atoms with van der Waals surface area (Å²) < 4.78 is 32.5. The molecule has 1 heterocycles. The highest BCUT2D eigenvalue weighted by Gasteiger charge is 2.30. The van der Waals surface area contributed by atoms with Crippen LogP contribution in [0.25, 0.3) is 0 Å². The zero-order valence-corrected chi connectivity index (χ0v) is 17.4. The van der Waals surface area contributed by atoms with Crippen LogP contribution in [-0.2, 0) is 10.0 Å². The van der Waals surface area contributed by atoms with Crippen LogP contribution in [0.3, 0.4) is 0 Å². The van der Waals surface area contributed by atoms with Gasteiger partial charge in [0.25, 0.3) is 5.91 Å². The van der Waals surface area contributed by atoms with Crippen molar-refractivity contribution in [2.24, 2.45) is 0 Å². The number of carbonyl (C=O) groups excluding carboxylic acids is 1. The number of ether oxygens (including phenoxy) is 1. The van der Waals surface area contributed by atoms with Crippen LogP contribution in [-0.4, -0.2) is 55.8 Å². The van der Waals surface area contributed by atoms with Crippen molar-refractivity contribution in [2.75, 3.05) is 26.2 Å². The van der Waals surface area contributed by atoms with E-state index in [1.54, 1.807) is 41.3 Å². The van der Waals surface area contributed by atoms with E-state index in [1.165, 1.54) is 16.4 Å². The lowest BCUT2D eigenvalue weighted by Gasteiger charge is -2.34. The first-order valence-electron chi connectivity index (χ1n) is 9.09. The minimum Gasteiger partial charge on any atom is -0.491 e. The maximum atomic E-state index is 12.7. The smallest absolute Gasteiger partial charge is 0.253 e. The Balaban J connectivity index is 1.63. The highest BCUT2D eigenvalue weighted by atomic mass is 35.5. The molecule has 0 unspecified atom stereocenters. The van der Waals surface area contributed by atoms with Crippen molar-refractivity contribution in [3.05, 3.63) is 59.1 Å². The molecule has 1 fully saturated rings. The Hall–Kier alpha value is -2.09. The molecule has 28 heavy (non-hydrogen) atoms. The minimum absolute atomic E-state index is 0.0669. The molecule has 0 radical (unpaired) electrons. The number of hydrogen-bond acceptors (Lipinski definition) is 4. The number of nitrogens with zero attached hydrogens (tertiary/aromatic N) is 2. The highest BCUT2D eigenvalue weighted by Crippen LogP contribution is 2.21. The third kappa shape index (κ3) is 4.66. The lowest BCUT2D eigenvalue weighted by molar-refractivity contribution is 0.0698. The lowest BCUT2D eigenvalue weighted by Crippen LogP contribution is -2.50. The monoisotopic (exact) mass is 422 g/mol. The molecule has 1 saturated heterocycles. The quantitative estimate of drug-likeness (QED) is 0.741. The summed E-state index contributed by atoms with van der Waals surface area (Å²) in [5.41, 5.74) is 0.560. The van der Waals surface area contributed by atoms with E-state index in [1.807, 2.05) is 13.8 Å². The van der Waals surface area contributed by atoms with Crippen molar-refractivity contribution >= 4 is 27.5 Å². The normalized spacial score (nSPS) is 15.6. The predicted octanol–water partition coefficient (Wildman–Crippen LogP) is 3.27. The fraction of sp³-hybridized carbons (Fsp3) is 0.350. The fourth-order valence-electron chi connectivity index (χ4n) is 3.02. The molecule has 1 aliphatic heterocycles. The molecule has 1 aliphatic rings. The molecule has 0 saturated carbocycles. The Bertz CT molecular complexity index is 920. The van der Waals surface area contributed by atoms with E-state index in [4.69, 9.17) is 16.3 Å². The van der Waals surface area contributed by atoms with Gasteiger partial charge in [0.05, 0.1) is 11.0 Å². The number of rotatable bonds is 5. The van der Waals surface area contributed by atoms with Gasteiger partial charge in [0.1, 0.15) is 5.75 Å². The molecule has 0 atom stereocenters. The van der Waals surface area contributed by atoms with Crippen LogP contribution in [0.15, 0.2) is 53.4 Å². The third-order valence-corrected chi connectivity index (χ3v) is 6.62. The summed E-state index contributed by atoms with van der Waals surface area (Å²) in [6.45, 7) is 5.08. The summed E-state index contributed by atoms with van der Waals surface area (Å²) in [5.74, 6) is 0.602. The van der Waals surface area contributed by atoms with E-state index in [9.17, 15) is 13.2 Å². The minimum atomic E-state index is -3.59. The zero-order valence-electron chi connectivity index (χ0n) is 15.8. The van der Waals surface area contributed by atoms with Crippen molar-refractivity contribution in [1.82, 2.24) is 9.21 Å². The Labute approximate surface area is 170 Å². The van der Waals surface area contributed by atoms with Gasteiger partial charge in [-0.05, 0) is 62.4 Å². The van der Waals surface area contributed by atoms with E-state index in [2.05, 4.69) is 0 Å². The van der Waals surface area contributed by atoms with Gasteiger partial charge in [0.2, 0.25) is 10.0 Å². The van der Waals surface area contributed by atoms with E-state index < -0.39 is 10.0 Å². The lowest BCUT2D eigenvalue weighted by atomic mass is 10.2. The second kappa shape index (κ2) is 8.51. The van der Waals surface area contributed by atoms with Gasteiger partial charge in [-0.3, -0.25) is 4.79 Å². The molecule has 3 rings (SSSR count). The number of benzene rings is 2. The van der Waals surface area contributed by atoms with E-state index in [-0.39, 0.29) is 30.0 Å². The summed E-state index contributed by atoms with van der Waals surface area (Å²) in [7, 11) is -3.59. The zero-order chi connectivity index (χ0) is 20.3. The predicted molar refractivity (Wildman–Crippen MR) is 108 cm³/mol. The van der Waals surface area contributed by atoms with Gasteiger partial charge in [-0.1, -0.05) is 11.6 Å². The molecule has 0 bridgehead atoms. The molecule has 8 heteroatoms. The Kier molecular flexibility index (Phi) is 6.27. The summed E-state index contributed by atoms with van der Waals surface area (Å²) in [4.78, 5) is 14.6. The maximum absolute atomic E-state index is 12.7. The molecule has 2 aromatic carbocycles. The molecule has 0 aromatic heterocycles. The molecule has 0 spiro atoms. The second-order valence-corrected chi connectivity index (χ2v) is 9.22. The molecular weight excluding hydrogens is 400 g/mol. The highest BCUT2D eigenvalue weighted by molar-refractivity contribution is 7.89. The van der Waals surface area contributed by atoms with Crippen LogP contribution in [0.1, 0.15) is 24.2 Å². The van der Waals surface area contributed by atoms with Crippen molar-refractivity contribution in [1.29, 1.82) is 0 Å². The van der Waals surface area contributed by atoms with Crippen molar-refractivity contribution < 1.29 is 17.9 Å². The second-order valence-electron chi connectivity index (χ2n) is 6.84.